The quantitative estimate of drug-likeness (QED) is 0.902. The van der Waals surface area contributed by atoms with Gasteiger partial charge in [-0.3, -0.25) is 4.90 Å². The molecule has 2 heterocycles. The van der Waals surface area contributed by atoms with E-state index in [4.69, 9.17) is 14.5 Å². The van der Waals surface area contributed by atoms with Gasteiger partial charge in [0.25, 0.3) is 0 Å². The number of benzene rings is 1. The fourth-order valence-electron chi connectivity index (χ4n) is 3.41. The Balaban J connectivity index is 1.55. The number of aromatic hydroxyl groups is 1. The van der Waals surface area contributed by atoms with Crippen molar-refractivity contribution in [3.8, 4) is 17.2 Å². The van der Waals surface area contributed by atoms with Gasteiger partial charge in [-0.1, -0.05) is 0 Å². The van der Waals surface area contributed by atoms with Crippen molar-refractivity contribution in [3.05, 3.63) is 41.0 Å². The van der Waals surface area contributed by atoms with Gasteiger partial charge >= 0.3 is 0 Å². The topological polar surface area (TPSA) is 67.7 Å². The van der Waals surface area contributed by atoms with Gasteiger partial charge in [0.15, 0.2) is 0 Å². The molecule has 1 aromatic carbocycles. The number of phenolic OH excluding ortho intramolecular Hbond substituents is 1. The summed E-state index contributed by atoms with van der Waals surface area (Å²) in [5.74, 6) is 3.04. The molecule has 0 saturated heterocycles. The molecule has 6 nitrogen and oxygen atoms in total. The van der Waals surface area contributed by atoms with Crippen molar-refractivity contribution < 1.29 is 14.6 Å². The monoisotopic (exact) mass is 341 g/mol. The lowest BCUT2D eigenvalue weighted by molar-refractivity contribution is 0.234. The molecular weight excluding hydrogens is 318 g/mol. The Morgan fingerprint density at radius 3 is 2.56 bits per heavy atom. The smallest absolute Gasteiger partial charge is 0.131 e. The standard InChI is InChI=1S/C19H23N3O3/c1-24-17-7-14(23)8-18(25-2)15(17)11-22-6-5-16-13(10-22)9-20-19(21-16)12-3-4-12/h7-9,12,23H,3-6,10-11H2,1-2H3. The summed E-state index contributed by atoms with van der Waals surface area (Å²) in [6.45, 7) is 2.44. The van der Waals surface area contributed by atoms with Gasteiger partial charge in [0, 0.05) is 61.6 Å². The molecule has 6 heteroatoms. The summed E-state index contributed by atoms with van der Waals surface area (Å²) >= 11 is 0. The second-order valence-electron chi connectivity index (χ2n) is 6.76. The molecule has 0 unspecified atom stereocenters. The van der Waals surface area contributed by atoms with Crippen LogP contribution in [0, 0.1) is 0 Å². The summed E-state index contributed by atoms with van der Waals surface area (Å²) in [6, 6.07) is 3.25. The summed E-state index contributed by atoms with van der Waals surface area (Å²) < 4.78 is 10.9. The molecule has 1 saturated carbocycles. The molecule has 0 amide bonds. The highest BCUT2D eigenvalue weighted by Gasteiger charge is 2.28. The van der Waals surface area contributed by atoms with Crippen LogP contribution in [0.15, 0.2) is 18.3 Å². The fraction of sp³-hybridized carbons (Fsp3) is 0.474. The largest absolute Gasteiger partial charge is 0.508 e. The van der Waals surface area contributed by atoms with Gasteiger partial charge < -0.3 is 14.6 Å². The Kier molecular flexibility index (Phi) is 4.21. The number of phenols is 1. The van der Waals surface area contributed by atoms with E-state index in [0.717, 1.165) is 30.9 Å². The zero-order valence-electron chi connectivity index (χ0n) is 14.7. The molecule has 132 valence electrons. The normalized spacial score (nSPS) is 17.2. The van der Waals surface area contributed by atoms with Crippen LogP contribution in [0.3, 0.4) is 0 Å². The highest BCUT2D eigenvalue weighted by atomic mass is 16.5. The van der Waals surface area contributed by atoms with Gasteiger partial charge in [0.1, 0.15) is 23.1 Å². The van der Waals surface area contributed by atoms with E-state index in [1.807, 2.05) is 6.20 Å². The molecule has 0 radical (unpaired) electrons. The van der Waals surface area contributed by atoms with Gasteiger partial charge in [-0.15, -0.1) is 0 Å². The molecule has 0 spiro atoms. The molecule has 0 atom stereocenters. The maximum Gasteiger partial charge on any atom is 0.131 e. The number of rotatable bonds is 5. The zero-order chi connectivity index (χ0) is 17.4. The third-order valence-corrected chi connectivity index (χ3v) is 4.95. The lowest BCUT2D eigenvalue weighted by Crippen LogP contribution is -2.31. The molecule has 1 fully saturated rings. The number of ether oxygens (including phenoxy) is 2. The number of nitrogens with zero attached hydrogens (tertiary/aromatic N) is 3. The van der Waals surface area contributed by atoms with Gasteiger partial charge in [-0.2, -0.15) is 0 Å². The van der Waals surface area contributed by atoms with Gasteiger partial charge in [-0.25, -0.2) is 9.97 Å². The van der Waals surface area contributed by atoms with Crippen LogP contribution in [0.2, 0.25) is 0 Å². The second-order valence-corrected chi connectivity index (χ2v) is 6.76. The maximum atomic E-state index is 9.80. The molecule has 4 rings (SSSR count). The predicted molar refractivity (Wildman–Crippen MR) is 93.0 cm³/mol. The molecule has 1 aliphatic carbocycles. The van der Waals surface area contributed by atoms with E-state index < -0.39 is 0 Å². The molecule has 1 aromatic heterocycles. The Bertz CT molecular complexity index is 764. The summed E-state index contributed by atoms with van der Waals surface area (Å²) in [6.07, 6.45) is 5.38. The highest BCUT2D eigenvalue weighted by Crippen LogP contribution is 2.39. The Morgan fingerprint density at radius 2 is 1.92 bits per heavy atom. The molecule has 2 aromatic rings. The number of aromatic nitrogens is 2. The van der Waals surface area contributed by atoms with Crippen molar-refractivity contribution >= 4 is 0 Å². The highest BCUT2D eigenvalue weighted by molar-refractivity contribution is 5.50. The number of hydrogen-bond acceptors (Lipinski definition) is 6. The van der Waals surface area contributed by atoms with Crippen LogP contribution in [0.1, 0.15) is 41.4 Å². The maximum absolute atomic E-state index is 9.80. The van der Waals surface area contributed by atoms with Crippen LogP contribution in [-0.4, -0.2) is 40.7 Å². The summed E-state index contributed by atoms with van der Waals surface area (Å²) in [5, 5.41) is 9.80. The van der Waals surface area contributed by atoms with Crippen LogP contribution in [0.25, 0.3) is 0 Å². The van der Waals surface area contributed by atoms with E-state index in [9.17, 15) is 5.11 Å². The third kappa shape index (κ3) is 3.26. The van der Waals surface area contributed by atoms with E-state index in [2.05, 4.69) is 9.88 Å². The molecule has 0 bridgehead atoms. The van der Waals surface area contributed by atoms with Crippen LogP contribution < -0.4 is 9.47 Å². The molecule has 25 heavy (non-hydrogen) atoms. The first-order valence-electron chi connectivity index (χ1n) is 8.69. The predicted octanol–water partition coefficient (Wildman–Crippen LogP) is 2.64. The van der Waals surface area contributed by atoms with Gasteiger partial charge in [0.2, 0.25) is 0 Å². The number of fused-ring (bicyclic) bond motifs is 1. The summed E-state index contributed by atoms with van der Waals surface area (Å²) in [4.78, 5) is 11.7. The van der Waals surface area contributed by atoms with Gasteiger partial charge in [0.05, 0.1) is 19.8 Å². The SMILES string of the molecule is COc1cc(O)cc(OC)c1CN1CCc2nc(C3CC3)ncc2C1. The Hall–Kier alpha value is -2.34. The average Bonchev–Trinajstić information content (AvgIpc) is 3.47. The van der Waals surface area contributed by atoms with Crippen molar-refractivity contribution in [1.29, 1.82) is 0 Å². The van der Waals surface area contributed by atoms with Crippen LogP contribution in [0.4, 0.5) is 0 Å². The first-order valence-corrected chi connectivity index (χ1v) is 8.69. The lowest BCUT2D eigenvalue weighted by Gasteiger charge is -2.29. The van der Waals surface area contributed by atoms with Crippen molar-refractivity contribution in [3.63, 3.8) is 0 Å². The summed E-state index contributed by atoms with van der Waals surface area (Å²) in [7, 11) is 3.22. The van der Waals surface area contributed by atoms with Crippen molar-refractivity contribution in [2.24, 2.45) is 0 Å². The minimum Gasteiger partial charge on any atom is -0.508 e. The summed E-state index contributed by atoms with van der Waals surface area (Å²) in [5.41, 5.74) is 3.34. The number of hydrogen-bond donors (Lipinski definition) is 1. The van der Waals surface area contributed by atoms with Crippen molar-refractivity contribution in [2.45, 2.75) is 38.3 Å². The van der Waals surface area contributed by atoms with Crippen molar-refractivity contribution in [2.75, 3.05) is 20.8 Å². The minimum atomic E-state index is 0.141. The Morgan fingerprint density at radius 1 is 1.20 bits per heavy atom. The minimum absolute atomic E-state index is 0.141. The molecule has 1 N–H and O–H groups in total. The number of methoxy groups -OCH3 is 2. The van der Waals surface area contributed by atoms with Crippen LogP contribution in [-0.2, 0) is 19.5 Å². The zero-order valence-corrected chi connectivity index (χ0v) is 14.7. The third-order valence-electron chi connectivity index (χ3n) is 4.95. The average molecular weight is 341 g/mol. The van der Waals surface area contributed by atoms with Crippen molar-refractivity contribution in [1.82, 2.24) is 14.9 Å². The van der Waals surface area contributed by atoms with Crippen LogP contribution in [0.5, 0.6) is 17.2 Å². The second kappa shape index (κ2) is 6.52. The van der Waals surface area contributed by atoms with E-state index >= 15 is 0 Å². The first-order chi connectivity index (χ1) is 12.2. The van der Waals surface area contributed by atoms with E-state index in [1.165, 1.54) is 24.1 Å². The molecular formula is C19H23N3O3. The molecule has 2 aliphatic rings. The first kappa shape index (κ1) is 16.1. The van der Waals surface area contributed by atoms with E-state index in [-0.39, 0.29) is 5.75 Å². The van der Waals surface area contributed by atoms with E-state index in [0.29, 0.717) is 24.0 Å². The molecule has 1 aliphatic heterocycles. The van der Waals surface area contributed by atoms with Crippen LogP contribution >= 0.6 is 0 Å². The lowest BCUT2D eigenvalue weighted by atomic mass is 10.1. The fourth-order valence-corrected chi connectivity index (χ4v) is 3.41. The Labute approximate surface area is 147 Å². The van der Waals surface area contributed by atoms with E-state index in [1.54, 1.807) is 26.4 Å². The van der Waals surface area contributed by atoms with Gasteiger partial charge in [-0.05, 0) is 12.8 Å².